The fourth-order valence-electron chi connectivity index (χ4n) is 0.849. The number of carbonyl (C=O) groups is 1. The van der Waals surface area contributed by atoms with Crippen LogP contribution in [0.4, 0.5) is 5.69 Å². The highest BCUT2D eigenvalue weighted by molar-refractivity contribution is 9.10. The Morgan fingerprint density at radius 3 is 2.67 bits per heavy atom. The average molecular weight is 277 g/mol. The summed E-state index contributed by atoms with van der Waals surface area (Å²) in [5, 5.41) is 28.0. The number of carboxylic acid groups (broad SMARTS) is 1. The van der Waals surface area contributed by atoms with Crippen molar-refractivity contribution in [3.05, 3.63) is 32.5 Å². The topological polar surface area (TPSA) is 114 Å². The monoisotopic (exact) mass is 276 g/mol. The van der Waals surface area contributed by atoms with Crippen molar-refractivity contribution < 1.29 is 19.9 Å². The van der Waals surface area contributed by atoms with Crippen molar-refractivity contribution in [1.29, 1.82) is 0 Å². The smallest absolute Gasteiger partial charge is 0.338 e. The Bertz CT molecular complexity index is 422. The molecule has 0 bridgehead atoms. The average Bonchev–Trinajstić information content (AvgIpc) is 2.15. The normalized spacial score (nSPS) is 12.1. The number of aromatic nitrogens is 1. The minimum atomic E-state index is -1.79. The zero-order valence-electron chi connectivity index (χ0n) is 7.12. The highest BCUT2D eigenvalue weighted by Crippen LogP contribution is 2.26. The second-order valence-electron chi connectivity index (χ2n) is 2.56. The van der Waals surface area contributed by atoms with E-state index in [1.807, 2.05) is 0 Å². The van der Waals surface area contributed by atoms with Gasteiger partial charge in [-0.05, 0) is 22.0 Å². The van der Waals surface area contributed by atoms with Crippen LogP contribution in [0, 0.1) is 10.1 Å². The van der Waals surface area contributed by atoms with Crippen LogP contribution in [-0.2, 0) is 4.79 Å². The van der Waals surface area contributed by atoms with Gasteiger partial charge in [-0.15, -0.1) is 0 Å². The number of halogens is 1. The summed E-state index contributed by atoms with van der Waals surface area (Å²) in [6, 6.07) is 1.09. The fraction of sp³-hybridized carbons (Fsp3) is 0.143. The number of hydrogen-bond donors (Lipinski definition) is 2. The van der Waals surface area contributed by atoms with Gasteiger partial charge in [0.25, 0.3) is 0 Å². The maximum Gasteiger partial charge on any atom is 0.338 e. The molecule has 0 fully saturated rings. The Hall–Kier alpha value is -1.54. The van der Waals surface area contributed by atoms with Crippen LogP contribution in [-0.4, -0.2) is 26.1 Å². The van der Waals surface area contributed by atoms with Crippen LogP contribution >= 0.6 is 15.9 Å². The number of aliphatic hydroxyl groups excluding tert-OH is 1. The molecule has 15 heavy (non-hydrogen) atoms. The maximum atomic E-state index is 10.4. The Labute approximate surface area is 91.7 Å². The minimum Gasteiger partial charge on any atom is -0.479 e. The number of carboxylic acids is 1. The first-order chi connectivity index (χ1) is 6.93. The van der Waals surface area contributed by atoms with Crippen molar-refractivity contribution in [3.8, 4) is 0 Å². The molecule has 0 amide bonds. The van der Waals surface area contributed by atoms with Crippen molar-refractivity contribution >= 4 is 27.6 Å². The van der Waals surface area contributed by atoms with E-state index in [-0.39, 0.29) is 15.9 Å². The Morgan fingerprint density at radius 2 is 2.27 bits per heavy atom. The van der Waals surface area contributed by atoms with Gasteiger partial charge in [-0.3, -0.25) is 15.1 Å². The van der Waals surface area contributed by atoms with Crippen LogP contribution in [0.5, 0.6) is 0 Å². The molecule has 0 spiro atoms. The van der Waals surface area contributed by atoms with Crippen LogP contribution in [0.1, 0.15) is 11.8 Å². The molecule has 0 aliphatic rings. The molecule has 0 saturated heterocycles. The van der Waals surface area contributed by atoms with E-state index in [4.69, 9.17) is 10.2 Å². The zero-order chi connectivity index (χ0) is 11.6. The molecule has 0 aliphatic carbocycles. The third-order valence-corrected chi connectivity index (χ3v) is 2.20. The predicted octanol–water partition coefficient (Wildman–Crippen LogP) is 0.870. The summed E-state index contributed by atoms with van der Waals surface area (Å²) in [5.41, 5.74) is -0.462. The lowest BCUT2D eigenvalue weighted by Gasteiger charge is -2.04. The van der Waals surface area contributed by atoms with Crippen molar-refractivity contribution in [2.24, 2.45) is 0 Å². The largest absolute Gasteiger partial charge is 0.479 e. The van der Waals surface area contributed by atoms with E-state index in [1.165, 1.54) is 0 Å². The third-order valence-electron chi connectivity index (χ3n) is 1.57. The zero-order valence-corrected chi connectivity index (χ0v) is 8.71. The standard InChI is InChI=1S/C7H5BrN2O5/c8-3-1-4(6(11)7(12)13)9-2-5(3)10(14)15/h1-2,6,11H,(H,12,13). The van der Waals surface area contributed by atoms with E-state index in [2.05, 4.69) is 20.9 Å². The molecule has 1 heterocycles. The number of rotatable bonds is 3. The van der Waals surface area contributed by atoms with Gasteiger partial charge >= 0.3 is 11.7 Å². The summed E-state index contributed by atoms with van der Waals surface area (Å²) < 4.78 is 0.0674. The summed E-state index contributed by atoms with van der Waals surface area (Å²) in [6.07, 6.45) is -0.909. The quantitative estimate of drug-likeness (QED) is 0.626. The van der Waals surface area contributed by atoms with E-state index in [0.717, 1.165) is 12.3 Å². The first-order valence-electron chi connectivity index (χ1n) is 3.64. The molecule has 0 radical (unpaired) electrons. The molecule has 8 heteroatoms. The summed E-state index contributed by atoms with van der Waals surface area (Å²) in [7, 11) is 0. The van der Waals surface area contributed by atoms with Gasteiger partial charge in [0.05, 0.1) is 15.1 Å². The SMILES string of the molecule is O=C(O)C(O)c1cc(Br)c([N+](=O)[O-])cn1. The highest BCUT2D eigenvalue weighted by Gasteiger charge is 2.21. The highest BCUT2D eigenvalue weighted by atomic mass is 79.9. The number of aliphatic carboxylic acids is 1. The van der Waals surface area contributed by atoms with Gasteiger partial charge in [-0.2, -0.15) is 0 Å². The van der Waals surface area contributed by atoms with Crippen LogP contribution < -0.4 is 0 Å². The summed E-state index contributed by atoms with van der Waals surface area (Å²) in [5.74, 6) is -1.47. The third kappa shape index (κ3) is 2.48. The van der Waals surface area contributed by atoms with Crippen LogP contribution in [0.2, 0.25) is 0 Å². The second-order valence-corrected chi connectivity index (χ2v) is 3.41. The molecule has 1 aromatic heterocycles. The number of nitrogens with zero attached hydrogens (tertiary/aromatic N) is 2. The van der Waals surface area contributed by atoms with Crippen LogP contribution in [0.3, 0.4) is 0 Å². The Kier molecular flexibility index (Phi) is 3.32. The number of pyridine rings is 1. The molecule has 0 aromatic carbocycles. The second kappa shape index (κ2) is 4.32. The van der Waals surface area contributed by atoms with E-state index >= 15 is 0 Å². The van der Waals surface area contributed by atoms with E-state index in [1.54, 1.807) is 0 Å². The van der Waals surface area contributed by atoms with Gasteiger partial charge < -0.3 is 10.2 Å². The Balaban J connectivity index is 3.12. The van der Waals surface area contributed by atoms with Gasteiger partial charge in [0.2, 0.25) is 0 Å². The van der Waals surface area contributed by atoms with Crippen LogP contribution in [0.15, 0.2) is 16.7 Å². The number of aliphatic hydroxyl groups is 1. The first-order valence-corrected chi connectivity index (χ1v) is 4.43. The van der Waals surface area contributed by atoms with E-state index in [0.29, 0.717) is 0 Å². The lowest BCUT2D eigenvalue weighted by molar-refractivity contribution is -0.386. The molecule has 1 rings (SSSR count). The molecular formula is C7H5BrN2O5. The molecule has 1 atom stereocenters. The van der Waals surface area contributed by atoms with E-state index < -0.39 is 17.0 Å². The molecule has 0 saturated carbocycles. The van der Waals surface area contributed by atoms with Crippen molar-refractivity contribution in [1.82, 2.24) is 4.98 Å². The minimum absolute atomic E-state index is 0.0674. The van der Waals surface area contributed by atoms with Crippen molar-refractivity contribution in [2.75, 3.05) is 0 Å². The lowest BCUT2D eigenvalue weighted by Crippen LogP contribution is -2.12. The van der Waals surface area contributed by atoms with Gasteiger partial charge in [-0.25, -0.2) is 4.79 Å². The maximum absolute atomic E-state index is 10.4. The lowest BCUT2D eigenvalue weighted by atomic mass is 10.2. The van der Waals surface area contributed by atoms with Crippen molar-refractivity contribution in [2.45, 2.75) is 6.10 Å². The van der Waals surface area contributed by atoms with E-state index in [9.17, 15) is 14.9 Å². The van der Waals surface area contributed by atoms with Crippen molar-refractivity contribution in [3.63, 3.8) is 0 Å². The summed E-state index contributed by atoms with van der Waals surface area (Å²) >= 11 is 2.88. The first kappa shape index (κ1) is 11.5. The number of nitro groups is 1. The van der Waals surface area contributed by atoms with Gasteiger partial charge in [0.1, 0.15) is 6.20 Å². The summed E-state index contributed by atoms with van der Waals surface area (Å²) in [4.78, 5) is 23.6. The molecular weight excluding hydrogens is 272 g/mol. The number of hydrogen-bond acceptors (Lipinski definition) is 5. The van der Waals surface area contributed by atoms with Crippen LogP contribution in [0.25, 0.3) is 0 Å². The molecule has 7 nitrogen and oxygen atoms in total. The predicted molar refractivity (Wildman–Crippen MR) is 51.2 cm³/mol. The molecule has 0 aliphatic heterocycles. The van der Waals surface area contributed by atoms with Gasteiger partial charge in [-0.1, -0.05) is 0 Å². The Morgan fingerprint density at radius 1 is 1.67 bits per heavy atom. The molecule has 1 unspecified atom stereocenters. The van der Waals surface area contributed by atoms with Gasteiger partial charge in [0, 0.05) is 0 Å². The molecule has 80 valence electrons. The molecule has 1 aromatic rings. The summed E-state index contributed by atoms with van der Waals surface area (Å²) in [6.45, 7) is 0. The molecule has 2 N–H and O–H groups in total. The fourth-order valence-corrected chi connectivity index (χ4v) is 1.33. The van der Waals surface area contributed by atoms with Gasteiger partial charge in [0.15, 0.2) is 6.10 Å².